The smallest absolute Gasteiger partial charge is 0.317 e. The summed E-state index contributed by atoms with van der Waals surface area (Å²) in [7, 11) is 5.05. The van der Waals surface area contributed by atoms with Crippen molar-refractivity contribution in [1.29, 1.82) is 0 Å². The molecule has 0 saturated carbocycles. The Labute approximate surface area is 343 Å². The second-order valence-electron chi connectivity index (χ2n) is 16.0. The Morgan fingerprint density at radius 2 is 1.78 bits per heavy atom. The number of piperazine rings is 1. The lowest BCUT2D eigenvalue weighted by Gasteiger charge is -2.56. The molecule has 1 N–H and O–H groups in total. The number of nitrogens with zero attached hydrogens (tertiary/aromatic N) is 12. The fourth-order valence-electron chi connectivity index (χ4n) is 9.37. The zero-order chi connectivity index (χ0) is 41.4. The molecule has 5 atom stereocenters. The van der Waals surface area contributed by atoms with Crippen LogP contribution >= 0.6 is 0 Å². The Morgan fingerprint density at radius 1 is 0.950 bits per heavy atom. The summed E-state index contributed by atoms with van der Waals surface area (Å²) < 4.78 is 50.6. The topological polar surface area (TPSA) is 165 Å². The van der Waals surface area contributed by atoms with E-state index in [2.05, 4.69) is 24.9 Å². The number of anilines is 2. The average molecular weight is 823 g/mol. The number of likely N-dealkylation sites (N-methyl/N-ethyl adjacent to an activating group) is 1. The van der Waals surface area contributed by atoms with Crippen molar-refractivity contribution in [2.24, 2.45) is 0 Å². The SMILES string of the molecule is COCCN1CC2CC(C1)N2c1nc(N2C[C@@H]3C[C@H]2C(=O)N(C)C[C@@H](OC)Cn2c(C)nc4cc(F)cc(c42)-c2ccnc(n2)O3)c2cnn(-c3ccc(F)cc3O)c2n1. The number of halogens is 2. The van der Waals surface area contributed by atoms with E-state index in [4.69, 9.17) is 29.2 Å². The van der Waals surface area contributed by atoms with Crippen LogP contribution in [-0.2, 0) is 20.8 Å². The van der Waals surface area contributed by atoms with Gasteiger partial charge in [0.15, 0.2) is 5.65 Å². The molecule has 17 nitrogen and oxygen atoms in total. The highest BCUT2D eigenvalue weighted by Gasteiger charge is 2.47. The predicted molar refractivity (Wildman–Crippen MR) is 215 cm³/mol. The second kappa shape index (κ2) is 14.9. The summed E-state index contributed by atoms with van der Waals surface area (Å²) >= 11 is 0. The van der Waals surface area contributed by atoms with Gasteiger partial charge >= 0.3 is 6.01 Å². The summed E-state index contributed by atoms with van der Waals surface area (Å²) in [5.41, 5.74) is 2.75. The number of phenols is 1. The standard InChI is InChI=1S/C41H44F2N12O5/c1-22-46-32-12-24(43)11-29-31-7-8-44-41(47-31)60-27-15-34(39(57)50(2)19-28(59-4)21-52(22)36(29)32)53(20-27)37-30-16-45-55(33-6-5-23(42)13-35(33)56)38(30)49-40(48-37)54-25-14-26(54)18-51(17-25)9-10-58-3/h5-8,11-13,16,25-28,34,56H,9-10,14-15,17-21H2,1-4H3/t25?,26?,27-,28+,34-/m0/s1. The number of carbonyl (C=O) groups is 1. The Bertz CT molecular complexity index is 2630. The lowest BCUT2D eigenvalue weighted by Crippen LogP contribution is -2.69. The molecule has 4 aromatic heterocycles. The van der Waals surface area contributed by atoms with Crippen LogP contribution in [0.1, 0.15) is 18.7 Å². The summed E-state index contributed by atoms with van der Waals surface area (Å²) in [6, 6.07) is 7.87. The number of benzene rings is 2. The summed E-state index contributed by atoms with van der Waals surface area (Å²) in [4.78, 5) is 47.2. The van der Waals surface area contributed by atoms with Gasteiger partial charge in [0.25, 0.3) is 0 Å². The van der Waals surface area contributed by atoms with Gasteiger partial charge in [-0.3, -0.25) is 9.69 Å². The van der Waals surface area contributed by atoms with Crippen molar-refractivity contribution in [2.75, 3.05) is 70.4 Å². The largest absolute Gasteiger partial charge is 0.506 e. The molecule has 0 spiro atoms. The summed E-state index contributed by atoms with van der Waals surface area (Å²) in [5, 5.41) is 16.1. The maximum absolute atomic E-state index is 15.1. The third kappa shape index (κ3) is 6.51. The van der Waals surface area contributed by atoms with Gasteiger partial charge in [0.05, 0.1) is 54.1 Å². The number of rotatable bonds is 7. The van der Waals surface area contributed by atoms with E-state index in [1.54, 1.807) is 44.6 Å². The first kappa shape index (κ1) is 38.2. The summed E-state index contributed by atoms with van der Waals surface area (Å²) in [6.07, 6.45) is 3.37. The molecule has 0 aliphatic carbocycles. The number of aromatic nitrogens is 8. The van der Waals surface area contributed by atoms with Crippen molar-refractivity contribution < 1.29 is 32.9 Å². The van der Waals surface area contributed by atoms with Gasteiger partial charge in [0.2, 0.25) is 11.9 Å². The molecular formula is C41H44F2N12O5. The van der Waals surface area contributed by atoms with E-state index in [1.807, 2.05) is 16.4 Å². The number of amides is 1. The lowest BCUT2D eigenvalue weighted by atomic mass is 9.88. The van der Waals surface area contributed by atoms with Crippen LogP contribution in [0, 0.1) is 18.6 Å². The zero-order valence-corrected chi connectivity index (χ0v) is 33.6. The maximum Gasteiger partial charge on any atom is 0.317 e. The predicted octanol–water partition coefficient (Wildman–Crippen LogP) is 3.34. The van der Waals surface area contributed by atoms with Crippen molar-refractivity contribution in [1.82, 2.24) is 49.1 Å². The molecule has 1 amide bonds. The van der Waals surface area contributed by atoms with Gasteiger partial charge in [-0.25, -0.2) is 23.4 Å². The minimum Gasteiger partial charge on any atom is -0.506 e. The molecule has 4 saturated heterocycles. The molecule has 312 valence electrons. The van der Waals surface area contributed by atoms with Gasteiger partial charge in [-0.2, -0.15) is 20.1 Å². The number of hydrogen-bond donors (Lipinski definition) is 1. The molecule has 5 aliphatic rings. The van der Waals surface area contributed by atoms with Crippen molar-refractivity contribution in [2.45, 2.75) is 56.6 Å². The van der Waals surface area contributed by atoms with E-state index in [0.29, 0.717) is 64.1 Å². The summed E-state index contributed by atoms with van der Waals surface area (Å²) in [6.45, 7) is 5.69. The quantitative estimate of drug-likeness (QED) is 0.249. The first-order valence-electron chi connectivity index (χ1n) is 20.0. The van der Waals surface area contributed by atoms with Crippen LogP contribution < -0.4 is 14.5 Å². The number of methoxy groups -OCH3 is 2. The number of aromatic hydroxyl groups is 1. The summed E-state index contributed by atoms with van der Waals surface area (Å²) in [5.74, 6) is 0.0345. The zero-order valence-electron chi connectivity index (χ0n) is 33.6. The number of hydrogen-bond acceptors (Lipinski definition) is 14. The average Bonchev–Trinajstić information content (AvgIpc) is 3.93. The van der Waals surface area contributed by atoms with Crippen LogP contribution in [0.25, 0.3) is 39.0 Å². The molecule has 0 radical (unpaired) electrons. The number of fused-ring (bicyclic) bond motifs is 8. The first-order valence-corrected chi connectivity index (χ1v) is 20.0. The molecule has 11 rings (SSSR count). The van der Waals surface area contributed by atoms with Crippen LogP contribution in [0.15, 0.2) is 48.8 Å². The number of imidazole rings is 1. The molecule has 2 aromatic carbocycles. The van der Waals surface area contributed by atoms with Gasteiger partial charge in [-0.05, 0) is 37.6 Å². The highest BCUT2D eigenvalue weighted by Crippen LogP contribution is 2.40. The van der Waals surface area contributed by atoms with Gasteiger partial charge in [0.1, 0.15) is 46.9 Å². The van der Waals surface area contributed by atoms with E-state index in [-0.39, 0.29) is 54.9 Å². The first-order chi connectivity index (χ1) is 29.1. The van der Waals surface area contributed by atoms with E-state index in [1.165, 1.54) is 28.9 Å². The molecule has 9 heterocycles. The Morgan fingerprint density at radius 3 is 2.57 bits per heavy atom. The monoisotopic (exact) mass is 822 g/mol. The number of carbonyl (C=O) groups excluding carboxylic acids is 1. The minimum atomic E-state index is -0.757. The highest BCUT2D eigenvalue weighted by atomic mass is 19.1. The van der Waals surface area contributed by atoms with Crippen molar-refractivity contribution >= 4 is 39.7 Å². The molecule has 4 fully saturated rings. The Balaban J connectivity index is 1.08. The van der Waals surface area contributed by atoms with Crippen molar-refractivity contribution in [3.05, 3.63) is 66.3 Å². The third-order valence-corrected chi connectivity index (χ3v) is 12.2. The number of aryl methyl sites for hydroxylation is 1. The minimum absolute atomic E-state index is 0.0725. The van der Waals surface area contributed by atoms with Crippen molar-refractivity contribution in [3.63, 3.8) is 0 Å². The normalized spacial score (nSPS) is 23.2. The molecule has 19 heteroatoms. The van der Waals surface area contributed by atoms with E-state index in [0.717, 1.165) is 32.1 Å². The maximum atomic E-state index is 15.1. The van der Waals surface area contributed by atoms with Gasteiger partial charge in [-0.15, -0.1) is 0 Å². The van der Waals surface area contributed by atoms with Crippen LogP contribution in [0.5, 0.6) is 11.8 Å². The van der Waals surface area contributed by atoms with Crippen LogP contribution in [0.2, 0.25) is 0 Å². The number of piperidine rings is 1. The Hall–Kier alpha value is -6.05. The molecule has 60 heavy (non-hydrogen) atoms. The van der Waals surface area contributed by atoms with E-state index < -0.39 is 29.9 Å². The molecule has 5 aliphatic heterocycles. The van der Waals surface area contributed by atoms with Gasteiger partial charge < -0.3 is 38.6 Å². The van der Waals surface area contributed by atoms with E-state index >= 15 is 4.39 Å². The number of phenolic OH excluding ortho intramolecular Hbond substituents is 1. The Kier molecular flexibility index (Phi) is 9.48. The fraction of sp³-hybridized carbons (Fsp3) is 0.439. The molecular weight excluding hydrogens is 779 g/mol. The van der Waals surface area contributed by atoms with Gasteiger partial charge in [0, 0.05) is 89.8 Å². The fourth-order valence-corrected chi connectivity index (χ4v) is 9.37. The van der Waals surface area contributed by atoms with Crippen LogP contribution in [0.4, 0.5) is 20.5 Å². The van der Waals surface area contributed by atoms with E-state index in [9.17, 15) is 14.3 Å². The molecule has 6 bridgehead atoms. The lowest BCUT2D eigenvalue weighted by molar-refractivity contribution is -0.133. The van der Waals surface area contributed by atoms with Crippen molar-refractivity contribution in [3.8, 4) is 28.7 Å². The van der Waals surface area contributed by atoms with Gasteiger partial charge in [-0.1, -0.05) is 0 Å². The molecule has 2 unspecified atom stereocenters. The third-order valence-electron chi connectivity index (χ3n) is 12.2. The highest BCUT2D eigenvalue weighted by molar-refractivity contribution is 5.94. The van der Waals surface area contributed by atoms with Crippen LogP contribution in [-0.4, -0.2) is 151 Å². The van der Waals surface area contributed by atoms with Crippen LogP contribution in [0.3, 0.4) is 0 Å². The number of ether oxygens (including phenoxy) is 3. The molecule has 6 aromatic rings. The second-order valence-corrected chi connectivity index (χ2v) is 16.0.